The van der Waals surface area contributed by atoms with Gasteiger partial charge < -0.3 is 0 Å². The summed E-state index contributed by atoms with van der Waals surface area (Å²) in [4.78, 5) is 13.2. The van der Waals surface area contributed by atoms with Crippen molar-refractivity contribution in [1.29, 1.82) is 0 Å². The molecule has 5 aromatic rings. The van der Waals surface area contributed by atoms with Crippen LogP contribution in [-0.4, -0.2) is 28.3 Å². The number of nitrogens with zero attached hydrogens (tertiary/aromatic N) is 1. The Morgan fingerprint density at radius 1 is 0.744 bits per heavy atom. The third-order valence-electron chi connectivity index (χ3n) is 8.33. The van der Waals surface area contributed by atoms with Gasteiger partial charge in [-0.15, -0.1) is 0 Å². The molecular formula is C33H32NO2PS2. The van der Waals surface area contributed by atoms with Crippen molar-refractivity contribution in [3.05, 3.63) is 136 Å². The first-order valence-electron chi connectivity index (χ1n) is 13.3. The first kappa shape index (κ1) is 26.2. The molecule has 1 aliphatic heterocycles. The summed E-state index contributed by atoms with van der Waals surface area (Å²) >= 11 is 3.41. The van der Waals surface area contributed by atoms with Crippen LogP contribution in [0.2, 0.25) is 0 Å². The molecule has 1 fully saturated rings. The molecule has 1 N–H and O–H groups in total. The van der Waals surface area contributed by atoms with Gasteiger partial charge in [0.15, 0.2) is 0 Å². The van der Waals surface area contributed by atoms with Gasteiger partial charge in [0.05, 0.1) is 0 Å². The number of benzene rings is 3. The summed E-state index contributed by atoms with van der Waals surface area (Å²) in [6, 6.07) is 36.2. The average Bonchev–Trinajstić information content (AvgIpc) is 3.77. The number of carboxylic acid groups (broad SMARTS) is 1. The molecular weight excluding hydrogens is 537 g/mol. The van der Waals surface area contributed by atoms with Gasteiger partial charge in [0.2, 0.25) is 0 Å². The molecule has 1 aliphatic rings. The second kappa shape index (κ2) is 10.8. The fourth-order valence-corrected chi connectivity index (χ4v) is 15.5. The van der Waals surface area contributed by atoms with Crippen LogP contribution >= 0.6 is 29.4 Å². The molecule has 0 spiro atoms. The van der Waals surface area contributed by atoms with Gasteiger partial charge >= 0.3 is 239 Å². The molecule has 6 rings (SSSR count). The van der Waals surface area contributed by atoms with Crippen molar-refractivity contribution in [1.82, 2.24) is 4.67 Å². The van der Waals surface area contributed by atoms with E-state index in [2.05, 4.69) is 129 Å². The van der Waals surface area contributed by atoms with Crippen molar-refractivity contribution in [2.45, 2.75) is 25.0 Å². The quantitative estimate of drug-likeness (QED) is 0.199. The molecule has 198 valence electrons. The zero-order chi connectivity index (χ0) is 26.7. The molecule has 2 aromatic heterocycles. The Labute approximate surface area is 238 Å². The van der Waals surface area contributed by atoms with Crippen LogP contribution in [-0.2, 0) is 17.4 Å². The molecule has 0 saturated carbocycles. The van der Waals surface area contributed by atoms with Crippen molar-refractivity contribution >= 4 is 51.3 Å². The molecule has 0 amide bonds. The van der Waals surface area contributed by atoms with Gasteiger partial charge in [-0.05, 0) is 0 Å². The summed E-state index contributed by atoms with van der Waals surface area (Å²) in [7, 11) is 0. The molecule has 1 saturated heterocycles. The number of hydrogen-bond donors (Lipinski definition) is 1. The topological polar surface area (TPSA) is 40.5 Å². The van der Waals surface area contributed by atoms with Gasteiger partial charge in [-0.3, -0.25) is 0 Å². The number of rotatable bonds is 9. The molecule has 3 aromatic carbocycles. The van der Waals surface area contributed by atoms with E-state index in [1.54, 1.807) is 22.7 Å². The number of aliphatic carboxylic acids is 1. The van der Waals surface area contributed by atoms with Gasteiger partial charge in [0.25, 0.3) is 0 Å². The maximum atomic E-state index is 13.2. The van der Waals surface area contributed by atoms with Crippen LogP contribution in [0.4, 0.5) is 0 Å². The first-order valence-corrected chi connectivity index (χ1v) is 17.6. The zero-order valence-electron chi connectivity index (χ0n) is 21.7. The summed E-state index contributed by atoms with van der Waals surface area (Å²) in [6.45, 7) is -2.86. The van der Waals surface area contributed by atoms with Gasteiger partial charge in [0.1, 0.15) is 0 Å². The van der Waals surface area contributed by atoms with Crippen LogP contribution in [0.5, 0.6) is 0 Å². The third-order valence-corrected chi connectivity index (χ3v) is 16.6. The van der Waals surface area contributed by atoms with Crippen molar-refractivity contribution in [2.75, 3.05) is 6.54 Å². The second-order valence-electron chi connectivity index (χ2n) is 10.5. The second-order valence-corrected chi connectivity index (χ2v) is 16.9. The Hall–Kier alpha value is -3.08. The normalized spacial score (nSPS) is 18.9. The zero-order valence-corrected chi connectivity index (χ0v) is 24.2. The van der Waals surface area contributed by atoms with Crippen LogP contribution < -0.4 is 15.9 Å². The van der Waals surface area contributed by atoms with Crippen molar-refractivity contribution < 1.29 is 9.90 Å². The van der Waals surface area contributed by atoms with Gasteiger partial charge in [-0.1, -0.05) is 0 Å². The van der Waals surface area contributed by atoms with Gasteiger partial charge in [0, 0.05) is 0 Å². The van der Waals surface area contributed by atoms with E-state index in [9.17, 15) is 9.90 Å². The van der Waals surface area contributed by atoms with Gasteiger partial charge in [-0.25, -0.2) is 0 Å². The van der Waals surface area contributed by atoms with Crippen LogP contribution in [0.3, 0.4) is 0 Å². The number of carbonyl (C=O) groups is 1. The predicted molar refractivity (Wildman–Crippen MR) is 167 cm³/mol. The molecule has 0 radical (unpaired) electrons. The summed E-state index contributed by atoms with van der Waals surface area (Å²) < 4.78 is 2.47. The maximum absolute atomic E-state index is 13.2. The standard InChI is InChI=1S/C33H32NO2PS2/c35-33(36)32-21-28(20-26-16-18-38-24-26)22-34(32)37(23-27-17-19-39-25-27,29-10-4-1-5-11-29,30-12-6-2-7-13-30)31-14-8-3-9-15-31/h1-19,24-25,28,32H,20-23H2,(H,35,36)/t28?,32-/m0/s1. The molecule has 6 heteroatoms. The van der Waals surface area contributed by atoms with Crippen LogP contribution in [0.1, 0.15) is 17.5 Å². The van der Waals surface area contributed by atoms with E-state index >= 15 is 0 Å². The molecule has 3 heterocycles. The SMILES string of the molecule is O=C(O)[C@@H]1CC(Cc2ccsc2)CN1P(Cc1ccsc1)(c1ccccc1)(c1ccccc1)c1ccccc1. The number of carboxylic acids is 1. The Morgan fingerprint density at radius 3 is 1.67 bits per heavy atom. The average molecular weight is 570 g/mol. The van der Waals surface area contributed by atoms with E-state index in [0.29, 0.717) is 6.42 Å². The third kappa shape index (κ3) is 4.38. The number of thiophene rings is 2. The van der Waals surface area contributed by atoms with Crippen LogP contribution in [0, 0.1) is 5.92 Å². The minimum absolute atomic E-state index is 0.251. The Kier molecular flexibility index (Phi) is 7.26. The molecule has 3 nitrogen and oxygen atoms in total. The minimum atomic E-state index is -3.59. The van der Waals surface area contributed by atoms with Crippen molar-refractivity contribution in [2.24, 2.45) is 5.92 Å². The van der Waals surface area contributed by atoms with Gasteiger partial charge in [-0.2, -0.15) is 0 Å². The molecule has 2 atom stereocenters. The van der Waals surface area contributed by atoms with Crippen molar-refractivity contribution in [3.8, 4) is 0 Å². The monoisotopic (exact) mass is 569 g/mol. The van der Waals surface area contributed by atoms with E-state index in [0.717, 1.165) is 19.1 Å². The fraction of sp³-hybridized carbons (Fsp3) is 0.182. The Morgan fingerprint density at radius 2 is 1.23 bits per heavy atom. The summed E-state index contributed by atoms with van der Waals surface area (Å²) in [5, 5.41) is 23.2. The molecule has 0 bridgehead atoms. The summed E-state index contributed by atoms with van der Waals surface area (Å²) in [5.41, 5.74) is 2.55. The van der Waals surface area contributed by atoms with Crippen molar-refractivity contribution in [3.63, 3.8) is 0 Å². The fourth-order valence-electron chi connectivity index (χ4n) is 6.75. The van der Waals surface area contributed by atoms with E-state index in [1.165, 1.54) is 27.0 Å². The summed E-state index contributed by atoms with van der Waals surface area (Å²) in [6.07, 6.45) is 2.29. The Balaban J connectivity index is 1.71. The summed E-state index contributed by atoms with van der Waals surface area (Å²) in [5.74, 6) is -0.481. The van der Waals surface area contributed by atoms with E-state index in [-0.39, 0.29) is 5.92 Å². The van der Waals surface area contributed by atoms with Crippen LogP contribution in [0.25, 0.3) is 0 Å². The molecule has 1 unspecified atom stereocenters. The predicted octanol–water partition coefficient (Wildman–Crippen LogP) is 6.77. The van der Waals surface area contributed by atoms with E-state index in [1.807, 2.05) is 0 Å². The van der Waals surface area contributed by atoms with E-state index in [4.69, 9.17) is 0 Å². The Bertz CT molecular complexity index is 1410. The van der Waals surface area contributed by atoms with Crippen LogP contribution in [0.15, 0.2) is 125 Å². The number of hydrogen-bond acceptors (Lipinski definition) is 4. The first-order chi connectivity index (χ1) is 19.1. The van der Waals surface area contributed by atoms with E-state index < -0.39 is 18.8 Å². The molecule has 0 aliphatic carbocycles. The molecule has 39 heavy (non-hydrogen) atoms.